The lowest BCUT2D eigenvalue weighted by molar-refractivity contribution is 0.0341. The molecule has 5 nitrogen and oxygen atoms in total. The molecule has 16 heavy (non-hydrogen) atoms. The monoisotopic (exact) mass is 235 g/mol. The van der Waals surface area contributed by atoms with Crippen molar-refractivity contribution in [3.63, 3.8) is 0 Å². The molecule has 0 radical (unpaired) electrons. The molecule has 5 heteroatoms. The third-order valence-electron chi connectivity index (χ3n) is 2.49. The molecule has 0 saturated carbocycles. The predicted octanol–water partition coefficient (Wildman–Crippen LogP) is -0.646. The van der Waals surface area contributed by atoms with Crippen LogP contribution in [0.5, 0.6) is 0 Å². The highest BCUT2D eigenvalue weighted by atomic mass is 16.5. The average Bonchev–Trinajstić information content (AvgIpc) is 2.29. The average molecular weight is 235 g/mol. The first-order chi connectivity index (χ1) is 7.60. The lowest BCUT2D eigenvalue weighted by Gasteiger charge is -2.28. The van der Waals surface area contributed by atoms with Crippen LogP contribution in [0.25, 0.3) is 0 Å². The molecule has 0 aromatic heterocycles. The first-order valence-electron chi connectivity index (χ1n) is 5.75. The zero-order chi connectivity index (χ0) is 12.4. The summed E-state index contributed by atoms with van der Waals surface area (Å²) >= 11 is 0. The van der Waals surface area contributed by atoms with Gasteiger partial charge < -0.3 is 25.4 Å². The maximum Gasteiger partial charge on any atom is 0.0882 e. The summed E-state index contributed by atoms with van der Waals surface area (Å²) in [6, 6.07) is 0. The minimum atomic E-state index is -0.999. The standard InChI is InChI=1S/C11H25NO4/c1-10(2)3-5-16-6-4-12-11(7-13,8-14)9-15/h10,12-15H,3-9H2,1-2H3. The second kappa shape index (κ2) is 8.90. The summed E-state index contributed by atoms with van der Waals surface area (Å²) < 4.78 is 5.37. The summed E-state index contributed by atoms with van der Waals surface area (Å²) in [6.45, 7) is 5.09. The maximum atomic E-state index is 9.03. The van der Waals surface area contributed by atoms with Crippen LogP contribution in [0.3, 0.4) is 0 Å². The van der Waals surface area contributed by atoms with E-state index in [1.807, 2.05) is 0 Å². The molecule has 0 aliphatic rings. The van der Waals surface area contributed by atoms with Crippen LogP contribution >= 0.6 is 0 Å². The predicted molar refractivity (Wildman–Crippen MR) is 62.3 cm³/mol. The van der Waals surface area contributed by atoms with Crippen molar-refractivity contribution in [2.45, 2.75) is 25.8 Å². The molecule has 0 spiro atoms. The van der Waals surface area contributed by atoms with Gasteiger partial charge in [0, 0.05) is 13.2 Å². The quantitative estimate of drug-likeness (QED) is 0.378. The number of nitrogens with one attached hydrogen (secondary N) is 1. The Morgan fingerprint density at radius 2 is 1.62 bits per heavy atom. The number of aliphatic hydroxyl groups is 3. The Kier molecular flexibility index (Phi) is 8.78. The number of ether oxygens (including phenoxy) is 1. The molecule has 0 aliphatic heterocycles. The highest BCUT2D eigenvalue weighted by Gasteiger charge is 2.26. The van der Waals surface area contributed by atoms with Gasteiger partial charge in [-0.1, -0.05) is 13.8 Å². The molecule has 0 fully saturated rings. The van der Waals surface area contributed by atoms with E-state index in [2.05, 4.69) is 19.2 Å². The summed E-state index contributed by atoms with van der Waals surface area (Å²) in [6.07, 6.45) is 1.02. The van der Waals surface area contributed by atoms with Crippen molar-refractivity contribution in [1.29, 1.82) is 0 Å². The second-order valence-electron chi connectivity index (χ2n) is 4.48. The van der Waals surface area contributed by atoms with E-state index < -0.39 is 5.54 Å². The van der Waals surface area contributed by atoms with Crippen molar-refractivity contribution >= 4 is 0 Å². The zero-order valence-corrected chi connectivity index (χ0v) is 10.3. The summed E-state index contributed by atoms with van der Waals surface area (Å²) in [5.74, 6) is 0.624. The largest absolute Gasteiger partial charge is 0.394 e. The molecular formula is C11H25NO4. The zero-order valence-electron chi connectivity index (χ0n) is 10.3. The fourth-order valence-electron chi connectivity index (χ4n) is 1.13. The first kappa shape index (κ1) is 15.8. The highest BCUT2D eigenvalue weighted by Crippen LogP contribution is 2.01. The summed E-state index contributed by atoms with van der Waals surface area (Å²) in [5, 5.41) is 30.0. The lowest BCUT2D eigenvalue weighted by atomic mass is 10.0. The van der Waals surface area contributed by atoms with Crippen molar-refractivity contribution < 1.29 is 20.1 Å². The third-order valence-corrected chi connectivity index (χ3v) is 2.49. The summed E-state index contributed by atoms with van der Waals surface area (Å²) in [4.78, 5) is 0. The normalized spacial score (nSPS) is 12.4. The number of rotatable bonds is 10. The highest BCUT2D eigenvalue weighted by molar-refractivity contribution is 4.85. The Balaban J connectivity index is 3.55. The Hall–Kier alpha value is -0.200. The molecular weight excluding hydrogens is 210 g/mol. The molecule has 98 valence electrons. The van der Waals surface area contributed by atoms with Crippen molar-refractivity contribution in [3.8, 4) is 0 Å². The Labute approximate surface area is 97.4 Å². The van der Waals surface area contributed by atoms with Gasteiger partial charge in [0.15, 0.2) is 0 Å². The van der Waals surface area contributed by atoms with Crippen molar-refractivity contribution in [2.24, 2.45) is 5.92 Å². The third kappa shape index (κ3) is 6.40. The van der Waals surface area contributed by atoms with E-state index >= 15 is 0 Å². The fraction of sp³-hybridized carbons (Fsp3) is 1.00. The van der Waals surface area contributed by atoms with Gasteiger partial charge in [-0.15, -0.1) is 0 Å². The van der Waals surface area contributed by atoms with E-state index in [0.717, 1.165) is 6.42 Å². The summed E-state index contributed by atoms with van der Waals surface area (Å²) in [5.41, 5.74) is -0.999. The van der Waals surface area contributed by atoms with Gasteiger partial charge in [0.25, 0.3) is 0 Å². The van der Waals surface area contributed by atoms with E-state index in [1.54, 1.807) is 0 Å². The molecule has 4 N–H and O–H groups in total. The maximum absolute atomic E-state index is 9.03. The van der Waals surface area contributed by atoms with Gasteiger partial charge in [0.2, 0.25) is 0 Å². The molecule has 0 unspecified atom stereocenters. The van der Waals surface area contributed by atoms with E-state index in [1.165, 1.54) is 0 Å². The Morgan fingerprint density at radius 3 is 2.06 bits per heavy atom. The number of hydrogen-bond acceptors (Lipinski definition) is 5. The molecule has 0 bridgehead atoms. The number of hydrogen-bond donors (Lipinski definition) is 4. The molecule has 0 aromatic rings. The lowest BCUT2D eigenvalue weighted by Crippen LogP contribution is -2.55. The van der Waals surface area contributed by atoms with Crippen LogP contribution in [0.2, 0.25) is 0 Å². The topological polar surface area (TPSA) is 82.0 Å². The number of aliphatic hydroxyl groups excluding tert-OH is 3. The van der Waals surface area contributed by atoms with Crippen LogP contribution in [-0.4, -0.2) is 60.4 Å². The molecule has 0 aliphatic carbocycles. The smallest absolute Gasteiger partial charge is 0.0882 e. The van der Waals surface area contributed by atoms with Crippen molar-refractivity contribution in [1.82, 2.24) is 5.32 Å². The van der Waals surface area contributed by atoms with Crippen molar-refractivity contribution in [2.75, 3.05) is 39.6 Å². The minimum absolute atomic E-state index is 0.300. The van der Waals surface area contributed by atoms with Crippen LogP contribution in [0.15, 0.2) is 0 Å². The van der Waals surface area contributed by atoms with Crippen LogP contribution in [0, 0.1) is 5.92 Å². The second-order valence-corrected chi connectivity index (χ2v) is 4.48. The minimum Gasteiger partial charge on any atom is -0.394 e. The first-order valence-corrected chi connectivity index (χ1v) is 5.75. The van der Waals surface area contributed by atoms with Gasteiger partial charge in [-0.2, -0.15) is 0 Å². The SMILES string of the molecule is CC(C)CCOCCNC(CO)(CO)CO. The molecule has 0 rings (SSSR count). The van der Waals surface area contributed by atoms with E-state index in [-0.39, 0.29) is 19.8 Å². The molecule has 0 saturated heterocycles. The van der Waals surface area contributed by atoms with E-state index in [4.69, 9.17) is 20.1 Å². The van der Waals surface area contributed by atoms with Gasteiger partial charge in [0.1, 0.15) is 0 Å². The molecule has 0 atom stereocenters. The van der Waals surface area contributed by atoms with Gasteiger partial charge in [0.05, 0.1) is 32.0 Å². The van der Waals surface area contributed by atoms with Gasteiger partial charge in [-0.25, -0.2) is 0 Å². The van der Waals surface area contributed by atoms with Gasteiger partial charge in [-0.3, -0.25) is 0 Å². The van der Waals surface area contributed by atoms with Gasteiger partial charge >= 0.3 is 0 Å². The van der Waals surface area contributed by atoms with Gasteiger partial charge in [-0.05, 0) is 12.3 Å². The van der Waals surface area contributed by atoms with E-state index in [9.17, 15) is 0 Å². The Morgan fingerprint density at radius 1 is 1.06 bits per heavy atom. The fourth-order valence-corrected chi connectivity index (χ4v) is 1.13. The molecule has 0 amide bonds. The van der Waals surface area contributed by atoms with Crippen LogP contribution in [0.1, 0.15) is 20.3 Å². The van der Waals surface area contributed by atoms with Crippen LogP contribution in [0.4, 0.5) is 0 Å². The van der Waals surface area contributed by atoms with Crippen molar-refractivity contribution in [3.05, 3.63) is 0 Å². The van der Waals surface area contributed by atoms with Crippen LogP contribution < -0.4 is 5.32 Å². The molecule has 0 aromatic carbocycles. The van der Waals surface area contributed by atoms with Crippen LogP contribution in [-0.2, 0) is 4.74 Å². The Bertz CT molecular complexity index is 152. The molecule has 0 heterocycles. The van der Waals surface area contributed by atoms with E-state index in [0.29, 0.717) is 25.7 Å². The summed E-state index contributed by atoms with van der Waals surface area (Å²) in [7, 11) is 0.